The van der Waals surface area contributed by atoms with Gasteiger partial charge in [-0.2, -0.15) is 0 Å². The number of rotatable bonds is 5. The summed E-state index contributed by atoms with van der Waals surface area (Å²) in [4.78, 5) is 47.3. The molecule has 1 fully saturated rings. The maximum atomic E-state index is 12.9. The largest absolute Gasteiger partial charge is 0.489 e. The minimum atomic E-state index is -0.494. The first kappa shape index (κ1) is 21.1. The molecule has 0 bridgehead atoms. The van der Waals surface area contributed by atoms with Crippen molar-refractivity contribution < 1.29 is 14.3 Å². The van der Waals surface area contributed by atoms with Crippen LogP contribution in [0.4, 0.5) is 0 Å². The van der Waals surface area contributed by atoms with Crippen molar-refractivity contribution in [2.45, 2.75) is 12.6 Å². The van der Waals surface area contributed by atoms with Crippen LogP contribution in [0.2, 0.25) is 5.02 Å². The minimum absolute atomic E-state index is 0.0737. The Hall–Kier alpha value is -3.18. The fourth-order valence-corrected chi connectivity index (χ4v) is 3.63. The second-order valence-corrected chi connectivity index (χ2v) is 7.67. The molecule has 4 rings (SSSR count). The smallest absolute Gasteiger partial charge is 0.332 e. The van der Waals surface area contributed by atoms with Gasteiger partial charge in [-0.25, -0.2) is 9.78 Å². The van der Waals surface area contributed by atoms with E-state index < -0.39 is 11.2 Å². The third-order valence-corrected chi connectivity index (χ3v) is 5.34. The van der Waals surface area contributed by atoms with Crippen molar-refractivity contribution in [3.63, 3.8) is 0 Å². The van der Waals surface area contributed by atoms with E-state index in [4.69, 9.17) is 21.1 Å². The Bertz CT molecular complexity index is 1250. The average molecular weight is 449 g/mol. The predicted octanol–water partition coefficient (Wildman–Crippen LogP) is -0.211. The van der Waals surface area contributed by atoms with E-state index in [0.717, 1.165) is 4.57 Å². The van der Waals surface area contributed by atoms with Crippen LogP contribution in [0, 0.1) is 0 Å². The molecule has 0 spiro atoms. The number of nitrogens with zero attached hydrogens (tertiary/aromatic N) is 6. The van der Waals surface area contributed by atoms with Crippen LogP contribution < -0.4 is 16.0 Å². The van der Waals surface area contributed by atoms with Gasteiger partial charge in [-0.1, -0.05) is 11.6 Å². The molecule has 0 aromatic carbocycles. The summed E-state index contributed by atoms with van der Waals surface area (Å²) >= 11 is 5.90. The Morgan fingerprint density at radius 1 is 1.29 bits per heavy atom. The number of carbonyl (C=O) groups is 1. The van der Waals surface area contributed by atoms with Crippen LogP contribution in [-0.4, -0.2) is 66.9 Å². The van der Waals surface area contributed by atoms with Crippen molar-refractivity contribution in [1.82, 2.24) is 28.6 Å². The quantitative estimate of drug-likeness (QED) is 0.530. The van der Waals surface area contributed by atoms with Crippen molar-refractivity contribution in [3.8, 4) is 5.75 Å². The lowest BCUT2D eigenvalue weighted by Gasteiger charge is -2.33. The summed E-state index contributed by atoms with van der Waals surface area (Å²) in [5.74, 6) is 0.332. The second-order valence-electron chi connectivity index (χ2n) is 7.23. The van der Waals surface area contributed by atoms with Crippen LogP contribution >= 0.6 is 11.6 Å². The molecule has 3 aromatic rings. The molecule has 4 heterocycles. The molecule has 0 N–H and O–H groups in total. The monoisotopic (exact) mass is 448 g/mol. The summed E-state index contributed by atoms with van der Waals surface area (Å²) in [6, 6.07) is 1.65. The fourth-order valence-electron chi connectivity index (χ4n) is 3.47. The van der Waals surface area contributed by atoms with Gasteiger partial charge in [0.25, 0.3) is 5.56 Å². The van der Waals surface area contributed by atoms with Gasteiger partial charge in [0, 0.05) is 32.9 Å². The van der Waals surface area contributed by atoms with Crippen LogP contribution in [0.15, 0.2) is 34.4 Å². The molecule has 1 amide bonds. The second kappa shape index (κ2) is 8.52. The van der Waals surface area contributed by atoms with E-state index >= 15 is 0 Å². The lowest BCUT2D eigenvalue weighted by Crippen LogP contribution is -2.48. The maximum Gasteiger partial charge on any atom is 0.332 e. The number of ether oxygens (including phenoxy) is 2. The number of pyridine rings is 1. The Kier molecular flexibility index (Phi) is 5.79. The molecule has 0 aliphatic carbocycles. The molecule has 11 nitrogen and oxygen atoms in total. The van der Waals surface area contributed by atoms with Gasteiger partial charge in [0.15, 0.2) is 11.2 Å². The van der Waals surface area contributed by atoms with Crippen molar-refractivity contribution in [2.24, 2.45) is 14.1 Å². The number of aromatic nitrogens is 5. The first-order chi connectivity index (χ1) is 14.8. The molecule has 1 atom stereocenters. The van der Waals surface area contributed by atoms with Crippen molar-refractivity contribution in [1.29, 1.82) is 0 Å². The number of carbonyl (C=O) groups excluding carboxylic acids is 1. The zero-order chi connectivity index (χ0) is 22.1. The van der Waals surface area contributed by atoms with Crippen molar-refractivity contribution in [2.75, 3.05) is 26.3 Å². The van der Waals surface area contributed by atoms with Gasteiger partial charge in [0.2, 0.25) is 5.91 Å². The highest BCUT2D eigenvalue weighted by molar-refractivity contribution is 6.30. The number of hydrogen-bond acceptors (Lipinski definition) is 7. The van der Waals surface area contributed by atoms with Crippen molar-refractivity contribution in [3.05, 3.63) is 50.6 Å². The van der Waals surface area contributed by atoms with E-state index in [1.165, 1.54) is 35.8 Å². The standard InChI is InChI=1S/C19H21ClN6O5/c1-23-17-16(18(28)24(2)19(23)29)26(11-22-17)9-15(27)25-3-4-30-14(8-25)10-31-13-5-12(20)6-21-7-13/h5-7,11,14H,3-4,8-10H2,1-2H3. The Balaban J connectivity index is 1.45. The highest BCUT2D eigenvalue weighted by Gasteiger charge is 2.26. The number of hydrogen-bond donors (Lipinski definition) is 0. The highest BCUT2D eigenvalue weighted by Crippen LogP contribution is 2.16. The molecule has 3 aromatic heterocycles. The molecule has 1 aliphatic heterocycles. The number of fused-ring (bicyclic) bond motifs is 1. The Morgan fingerprint density at radius 3 is 2.87 bits per heavy atom. The minimum Gasteiger partial charge on any atom is -0.489 e. The van der Waals surface area contributed by atoms with Crippen molar-refractivity contribution >= 4 is 28.7 Å². The summed E-state index contributed by atoms with van der Waals surface area (Å²) in [7, 11) is 2.93. The Morgan fingerprint density at radius 2 is 2.10 bits per heavy atom. The maximum absolute atomic E-state index is 12.9. The summed E-state index contributed by atoms with van der Waals surface area (Å²) < 4.78 is 15.1. The van der Waals surface area contributed by atoms with Gasteiger partial charge < -0.3 is 18.9 Å². The lowest BCUT2D eigenvalue weighted by molar-refractivity contribution is -0.140. The SMILES string of the molecule is Cn1c(=O)c2c(ncn2CC(=O)N2CCOC(COc3cncc(Cl)c3)C2)n(C)c1=O. The summed E-state index contributed by atoms with van der Waals surface area (Å²) in [6.07, 6.45) is 4.15. The van der Waals surface area contributed by atoms with Crippen LogP contribution in [-0.2, 0) is 30.2 Å². The van der Waals surface area contributed by atoms with E-state index in [9.17, 15) is 14.4 Å². The Labute approximate surface area is 181 Å². The molecule has 1 unspecified atom stereocenters. The zero-order valence-corrected chi connectivity index (χ0v) is 17.8. The van der Waals surface area contributed by atoms with E-state index in [-0.39, 0.29) is 36.3 Å². The first-order valence-electron chi connectivity index (χ1n) is 9.58. The molecule has 164 valence electrons. The molecule has 31 heavy (non-hydrogen) atoms. The molecule has 0 radical (unpaired) electrons. The van der Waals surface area contributed by atoms with E-state index in [1.54, 1.807) is 17.2 Å². The van der Waals surface area contributed by atoms with E-state index in [0.29, 0.717) is 30.5 Å². The van der Waals surface area contributed by atoms with E-state index in [2.05, 4.69) is 9.97 Å². The molecule has 0 saturated carbocycles. The lowest BCUT2D eigenvalue weighted by atomic mass is 10.2. The van der Waals surface area contributed by atoms with Crippen LogP contribution in [0.25, 0.3) is 11.2 Å². The third kappa shape index (κ3) is 4.19. The average Bonchev–Trinajstić information content (AvgIpc) is 3.18. The van der Waals surface area contributed by atoms with E-state index in [1.807, 2.05) is 0 Å². The van der Waals surface area contributed by atoms with Gasteiger partial charge in [-0.3, -0.25) is 23.7 Å². The molecular formula is C19H21ClN6O5. The summed E-state index contributed by atoms with van der Waals surface area (Å²) in [6.45, 7) is 1.31. The number of halogens is 1. The molecule has 1 saturated heterocycles. The number of morpholine rings is 1. The highest BCUT2D eigenvalue weighted by atomic mass is 35.5. The summed E-state index contributed by atoms with van der Waals surface area (Å²) in [5.41, 5.74) is -0.518. The molecule has 12 heteroatoms. The molecular weight excluding hydrogens is 428 g/mol. The normalized spacial score (nSPS) is 16.6. The van der Waals surface area contributed by atoms with Crippen LogP contribution in [0.1, 0.15) is 0 Å². The zero-order valence-electron chi connectivity index (χ0n) is 17.0. The third-order valence-electron chi connectivity index (χ3n) is 5.13. The van der Waals surface area contributed by atoms with Gasteiger partial charge >= 0.3 is 5.69 Å². The van der Waals surface area contributed by atoms with Gasteiger partial charge in [0.05, 0.1) is 30.7 Å². The van der Waals surface area contributed by atoms with Gasteiger partial charge in [-0.05, 0) is 0 Å². The summed E-state index contributed by atoms with van der Waals surface area (Å²) in [5, 5.41) is 0.468. The van der Waals surface area contributed by atoms with Crippen LogP contribution in [0.5, 0.6) is 5.75 Å². The topological polar surface area (TPSA) is 113 Å². The first-order valence-corrected chi connectivity index (χ1v) is 9.96. The van der Waals surface area contributed by atoms with Crippen LogP contribution in [0.3, 0.4) is 0 Å². The number of imidazole rings is 1. The predicted molar refractivity (Wildman–Crippen MR) is 111 cm³/mol. The van der Waals surface area contributed by atoms with Gasteiger partial charge in [0.1, 0.15) is 25.0 Å². The fraction of sp³-hybridized carbons (Fsp3) is 0.421. The molecule has 1 aliphatic rings. The van der Waals surface area contributed by atoms with Gasteiger partial charge in [-0.15, -0.1) is 0 Å². The number of aryl methyl sites for hydroxylation is 1. The number of amides is 1.